The van der Waals surface area contributed by atoms with Crippen molar-refractivity contribution in [1.29, 1.82) is 0 Å². The lowest BCUT2D eigenvalue weighted by atomic mass is 10.1. The van der Waals surface area contributed by atoms with E-state index in [4.69, 9.17) is 0 Å². The van der Waals surface area contributed by atoms with Gasteiger partial charge in [0.1, 0.15) is 12.2 Å². The summed E-state index contributed by atoms with van der Waals surface area (Å²) in [5, 5.41) is 8.70. The highest BCUT2D eigenvalue weighted by atomic mass is 15.5. The minimum Gasteiger partial charge on any atom is -0.339 e. The molecule has 0 N–H and O–H groups in total. The molecule has 0 spiro atoms. The number of anilines is 1. The van der Waals surface area contributed by atoms with Crippen LogP contribution in [0, 0.1) is 0 Å². The second-order valence-electron chi connectivity index (χ2n) is 7.32. The Labute approximate surface area is 164 Å². The Morgan fingerprint density at radius 1 is 0.821 bits per heavy atom. The van der Waals surface area contributed by atoms with E-state index in [9.17, 15) is 0 Å². The summed E-state index contributed by atoms with van der Waals surface area (Å²) < 4.78 is 1.99. The molecule has 1 aromatic heterocycles. The van der Waals surface area contributed by atoms with Gasteiger partial charge in [0, 0.05) is 18.8 Å². The maximum Gasteiger partial charge on any atom is 0.115 e. The minimum absolute atomic E-state index is 0.694. The van der Waals surface area contributed by atoms with Crippen LogP contribution in [0.15, 0.2) is 78.9 Å². The van der Waals surface area contributed by atoms with Crippen LogP contribution in [0.5, 0.6) is 0 Å². The van der Waals surface area contributed by atoms with Crippen molar-refractivity contribution >= 4 is 16.7 Å². The molecular weight excluding hydrogens is 346 g/mol. The Morgan fingerprint density at radius 2 is 1.61 bits per heavy atom. The molecule has 28 heavy (non-hydrogen) atoms. The number of aromatic nitrogens is 3. The molecule has 0 amide bonds. The number of rotatable bonds is 5. The molecular formula is C23H23N5. The molecule has 5 rings (SSSR count). The highest BCUT2D eigenvalue weighted by Crippen LogP contribution is 2.28. The van der Waals surface area contributed by atoms with Crippen molar-refractivity contribution in [3.63, 3.8) is 0 Å². The second-order valence-corrected chi connectivity index (χ2v) is 7.32. The zero-order valence-corrected chi connectivity index (χ0v) is 15.8. The molecule has 0 bridgehead atoms. The molecule has 0 saturated heterocycles. The van der Waals surface area contributed by atoms with E-state index in [-0.39, 0.29) is 0 Å². The molecule has 1 aliphatic heterocycles. The van der Waals surface area contributed by atoms with Gasteiger partial charge in [0.15, 0.2) is 0 Å². The maximum absolute atomic E-state index is 4.39. The van der Waals surface area contributed by atoms with Crippen LogP contribution in [0.2, 0.25) is 0 Å². The van der Waals surface area contributed by atoms with Crippen molar-refractivity contribution < 1.29 is 0 Å². The maximum atomic E-state index is 4.39. The van der Waals surface area contributed by atoms with E-state index in [1.54, 1.807) is 0 Å². The van der Waals surface area contributed by atoms with Crippen molar-refractivity contribution in [3.05, 3.63) is 90.0 Å². The number of fused-ring (bicyclic) bond motifs is 2. The van der Waals surface area contributed by atoms with Gasteiger partial charge >= 0.3 is 0 Å². The molecule has 1 aliphatic rings. The zero-order chi connectivity index (χ0) is 18.8. The van der Waals surface area contributed by atoms with Crippen LogP contribution in [0.4, 0.5) is 5.69 Å². The van der Waals surface area contributed by atoms with Crippen LogP contribution >= 0.6 is 0 Å². The third-order valence-electron chi connectivity index (χ3n) is 5.38. The summed E-state index contributed by atoms with van der Waals surface area (Å²) in [6.45, 7) is 3.60. The summed E-state index contributed by atoms with van der Waals surface area (Å²) in [7, 11) is 0. The summed E-state index contributed by atoms with van der Waals surface area (Å²) in [6, 6.07) is 27.5. The second kappa shape index (κ2) is 7.44. The first-order valence-electron chi connectivity index (χ1n) is 9.74. The Balaban J connectivity index is 1.38. The van der Waals surface area contributed by atoms with Crippen molar-refractivity contribution in [2.75, 3.05) is 18.1 Å². The lowest BCUT2D eigenvalue weighted by Crippen LogP contribution is -2.44. The standard InChI is InChI=1S/C23H23N5/c1-2-8-19(9-3-1)14-15-26-16-20-10-4-6-12-22(20)27(17-26)18-28-23-13-7-5-11-21(23)24-25-28/h1-13H,14-18H2. The summed E-state index contributed by atoms with van der Waals surface area (Å²) in [5.41, 5.74) is 6.05. The van der Waals surface area contributed by atoms with Crippen LogP contribution in [0.25, 0.3) is 11.0 Å². The van der Waals surface area contributed by atoms with Crippen LogP contribution in [0.3, 0.4) is 0 Å². The normalized spacial score (nSPS) is 14.4. The monoisotopic (exact) mass is 369 g/mol. The van der Waals surface area contributed by atoms with E-state index in [0.717, 1.165) is 37.2 Å². The van der Waals surface area contributed by atoms with Crippen molar-refractivity contribution in [3.8, 4) is 0 Å². The van der Waals surface area contributed by atoms with Gasteiger partial charge in [0.2, 0.25) is 0 Å². The Hall–Kier alpha value is -3.18. The fraction of sp³-hybridized carbons (Fsp3) is 0.217. The molecule has 3 aromatic carbocycles. The third kappa shape index (κ3) is 3.37. The Morgan fingerprint density at radius 3 is 2.54 bits per heavy atom. The van der Waals surface area contributed by atoms with Gasteiger partial charge in [-0.3, -0.25) is 4.90 Å². The molecule has 0 saturated carbocycles. The van der Waals surface area contributed by atoms with Crippen molar-refractivity contribution in [2.45, 2.75) is 19.6 Å². The average Bonchev–Trinajstić information content (AvgIpc) is 3.16. The molecule has 0 unspecified atom stereocenters. The molecule has 0 atom stereocenters. The highest BCUT2D eigenvalue weighted by Gasteiger charge is 2.23. The molecule has 2 heterocycles. The summed E-state index contributed by atoms with van der Waals surface area (Å²) in [6.07, 6.45) is 1.06. The van der Waals surface area contributed by atoms with Gasteiger partial charge in [-0.25, -0.2) is 4.68 Å². The fourth-order valence-electron chi connectivity index (χ4n) is 3.95. The van der Waals surface area contributed by atoms with E-state index in [1.807, 2.05) is 22.9 Å². The van der Waals surface area contributed by atoms with Crippen molar-refractivity contribution in [1.82, 2.24) is 19.9 Å². The van der Waals surface area contributed by atoms with Crippen molar-refractivity contribution in [2.24, 2.45) is 0 Å². The number of nitrogens with zero attached hydrogens (tertiary/aromatic N) is 5. The lowest BCUT2D eigenvalue weighted by Gasteiger charge is -2.38. The van der Waals surface area contributed by atoms with Gasteiger partial charge in [-0.1, -0.05) is 65.9 Å². The van der Waals surface area contributed by atoms with Gasteiger partial charge in [-0.15, -0.1) is 5.10 Å². The molecule has 0 radical (unpaired) electrons. The first-order valence-corrected chi connectivity index (χ1v) is 9.74. The van der Waals surface area contributed by atoms with Gasteiger partial charge < -0.3 is 4.90 Å². The molecule has 5 heteroatoms. The number of hydrogen-bond acceptors (Lipinski definition) is 4. The Bertz CT molecular complexity index is 1070. The topological polar surface area (TPSA) is 37.2 Å². The van der Waals surface area contributed by atoms with Crippen LogP contribution < -0.4 is 4.90 Å². The molecule has 0 aliphatic carbocycles. The molecule has 140 valence electrons. The molecule has 5 nitrogen and oxygen atoms in total. The number of para-hydroxylation sites is 2. The van der Waals surface area contributed by atoms with E-state index in [0.29, 0.717) is 6.67 Å². The first kappa shape index (κ1) is 17.0. The highest BCUT2D eigenvalue weighted by molar-refractivity contribution is 5.74. The zero-order valence-electron chi connectivity index (χ0n) is 15.8. The van der Waals surface area contributed by atoms with Gasteiger partial charge in [0.05, 0.1) is 12.2 Å². The van der Waals surface area contributed by atoms with Crippen LogP contribution in [-0.4, -0.2) is 33.1 Å². The summed E-state index contributed by atoms with van der Waals surface area (Å²) in [4.78, 5) is 4.90. The first-order chi connectivity index (χ1) is 13.9. The van der Waals surface area contributed by atoms with E-state index < -0.39 is 0 Å². The largest absolute Gasteiger partial charge is 0.339 e. The SMILES string of the molecule is c1ccc(CCN2Cc3ccccc3N(Cn3nnc4ccccc43)C2)cc1. The number of hydrogen-bond donors (Lipinski definition) is 0. The van der Waals surface area contributed by atoms with Crippen LogP contribution in [0.1, 0.15) is 11.1 Å². The fourth-order valence-corrected chi connectivity index (χ4v) is 3.95. The predicted molar refractivity (Wildman–Crippen MR) is 112 cm³/mol. The minimum atomic E-state index is 0.694. The average molecular weight is 369 g/mol. The van der Waals surface area contributed by atoms with E-state index in [1.165, 1.54) is 16.8 Å². The summed E-state index contributed by atoms with van der Waals surface area (Å²) >= 11 is 0. The van der Waals surface area contributed by atoms with E-state index >= 15 is 0 Å². The molecule has 0 fully saturated rings. The lowest BCUT2D eigenvalue weighted by molar-refractivity contribution is 0.246. The summed E-state index contributed by atoms with van der Waals surface area (Å²) in [5.74, 6) is 0. The number of benzene rings is 3. The predicted octanol–water partition coefficient (Wildman–Crippen LogP) is 3.91. The Kier molecular flexibility index (Phi) is 4.51. The van der Waals surface area contributed by atoms with Gasteiger partial charge in [-0.05, 0) is 35.7 Å². The quantitative estimate of drug-likeness (QED) is 0.534. The third-order valence-corrected chi connectivity index (χ3v) is 5.38. The van der Waals surface area contributed by atoms with Gasteiger partial charge in [0.25, 0.3) is 0 Å². The molecule has 4 aromatic rings. The van der Waals surface area contributed by atoms with Crippen LogP contribution in [-0.2, 0) is 19.6 Å². The van der Waals surface area contributed by atoms with Gasteiger partial charge in [-0.2, -0.15) is 0 Å². The smallest absolute Gasteiger partial charge is 0.115 e. The van der Waals surface area contributed by atoms with E-state index in [2.05, 4.69) is 80.8 Å².